The lowest BCUT2D eigenvalue weighted by Crippen LogP contribution is -1.99. The fraction of sp³-hybridized carbons (Fsp3) is 0.455. The van der Waals surface area contributed by atoms with Gasteiger partial charge in [0, 0.05) is 5.33 Å². The Hall–Kier alpha value is -0.540. The van der Waals surface area contributed by atoms with Crippen LogP contribution in [-0.4, -0.2) is 17.0 Å². The molecular formula is C11H15BrO2. The summed E-state index contributed by atoms with van der Waals surface area (Å²) in [7, 11) is 0. The number of rotatable bonds is 5. The topological polar surface area (TPSA) is 29.5 Å². The molecule has 0 bridgehead atoms. The molecule has 0 aromatic heterocycles. The molecule has 0 amide bonds. The van der Waals surface area contributed by atoms with Gasteiger partial charge in [-0.25, -0.2) is 0 Å². The van der Waals surface area contributed by atoms with Crippen LogP contribution in [0.25, 0.3) is 0 Å². The Morgan fingerprint density at radius 2 is 2.29 bits per heavy atom. The van der Waals surface area contributed by atoms with E-state index in [0.717, 1.165) is 23.1 Å². The number of aliphatic hydroxyl groups excluding tert-OH is 1. The van der Waals surface area contributed by atoms with E-state index in [4.69, 9.17) is 4.74 Å². The quantitative estimate of drug-likeness (QED) is 0.650. The maximum Gasteiger partial charge on any atom is 0.119 e. The number of aliphatic hydroxyl groups is 1. The number of halogens is 1. The third-order valence-corrected chi connectivity index (χ3v) is 2.45. The highest BCUT2D eigenvalue weighted by molar-refractivity contribution is 9.09. The monoisotopic (exact) mass is 258 g/mol. The third-order valence-electron chi connectivity index (χ3n) is 1.89. The van der Waals surface area contributed by atoms with E-state index in [9.17, 15) is 5.11 Å². The standard InChI is InChI=1S/C11H15BrO2/c1-9(13)10-4-2-5-11(8-10)14-7-3-6-12/h2,4-5,8-9,13H,3,6-7H2,1H3. The molecular weight excluding hydrogens is 244 g/mol. The number of benzene rings is 1. The van der Waals surface area contributed by atoms with Crippen LogP contribution >= 0.6 is 15.9 Å². The van der Waals surface area contributed by atoms with E-state index in [-0.39, 0.29) is 0 Å². The molecule has 0 radical (unpaired) electrons. The highest BCUT2D eigenvalue weighted by Gasteiger charge is 2.01. The molecule has 3 heteroatoms. The van der Waals surface area contributed by atoms with Gasteiger partial charge in [0.1, 0.15) is 5.75 Å². The van der Waals surface area contributed by atoms with E-state index < -0.39 is 6.10 Å². The Kier molecular flexibility index (Phi) is 4.98. The minimum absolute atomic E-state index is 0.435. The first-order chi connectivity index (χ1) is 6.74. The van der Waals surface area contributed by atoms with Crippen molar-refractivity contribution in [3.63, 3.8) is 0 Å². The molecule has 78 valence electrons. The van der Waals surface area contributed by atoms with E-state index in [2.05, 4.69) is 15.9 Å². The van der Waals surface area contributed by atoms with Crippen LogP contribution in [-0.2, 0) is 0 Å². The van der Waals surface area contributed by atoms with Crippen LogP contribution in [0.3, 0.4) is 0 Å². The molecule has 1 unspecified atom stereocenters. The summed E-state index contributed by atoms with van der Waals surface area (Å²) in [6.07, 6.45) is 0.550. The highest BCUT2D eigenvalue weighted by atomic mass is 79.9. The van der Waals surface area contributed by atoms with Gasteiger partial charge < -0.3 is 9.84 Å². The normalized spacial score (nSPS) is 12.5. The van der Waals surface area contributed by atoms with Crippen molar-refractivity contribution in [2.75, 3.05) is 11.9 Å². The predicted octanol–water partition coefficient (Wildman–Crippen LogP) is 2.90. The number of hydrogen-bond acceptors (Lipinski definition) is 2. The van der Waals surface area contributed by atoms with Gasteiger partial charge in [0.05, 0.1) is 12.7 Å². The van der Waals surface area contributed by atoms with Crippen molar-refractivity contribution in [2.45, 2.75) is 19.4 Å². The average Bonchev–Trinajstić information content (AvgIpc) is 2.19. The van der Waals surface area contributed by atoms with Gasteiger partial charge in [0.2, 0.25) is 0 Å². The van der Waals surface area contributed by atoms with E-state index in [0.29, 0.717) is 6.61 Å². The van der Waals surface area contributed by atoms with Gasteiger partial charge in [-0.15, -0.1) is 0 Å². The van der Waals surface area contributed by atoms with Crippen molar-refractivity contribution < 1.29 is 9.84 Å². The SMILES string of the molecule is CC(O)c1cccc(OCCCBr)c1. The first-order valence-electron chi connectivity index (χ1n) is 4.71. The zero-order valence-corrected chi connectivity index (χ0v) is 9.83. The summed E-state index contributed by atoms with van der Waals surface area (Å²) in [5, 5.41) is 10.3. The van der Waals surface area contributed by atoms with Crippen LogP contribution in [0.4, 0.5) is 0 Å². The zero-order valence-electron chi connectivity index (χ0n) is 8.24. The number of hydrogen-bond donors (Lipinski definition) is 1. The summed E-state index contributed by atoms with van der Waals surface area (Å²) in [6.45, 7) is 2.45. The summed E-state index contributed by atoms with van der Waals surface area (Å²) in [5.74, 6) is 0.823. The van der Waals surface area contributed by atoms with E-state index >= 15 is 0 Å². The molecule has 0 aliphatic rings. The molecule has 1 aromatic rings. The summed E-state index contributed by atoms with van der Waals surface area (Å²) in [6, 6.07) is 7.56. The van der Waals surface area contributed by atoms with Crippen LogP contribution in [0.15, 0.2) is 24.3 Å². The lowest BCUT2D eigenvalue weighted by Gasteiger charge is -2.08. The zero-order chi connectivity index (χ0) is 10.4. The predicted molar refractivity (Wildman–Crippen MR) is 61.0 cm³/mol. The molecule has 1 N–H and O–H groups in total. The summed E-state index contributed by atoms with van der Waals surface area (Å²) in [5.41, 5.74) is 0.890. The summed E-state index contributed by atoms with van der Waals surface area (Å²) in [4.78, 5) is 0. The molecule has 0 aliphatic carbocycles. The van der Waals surface area contributed by atoms with E-state index in [1.807, 2.05) is 24.3 Å². The van der Waals surface area contributed by atoms with Gasteiger partial charge in [0.25, 0.3) is 0 Å². The molecule has 1 aromatic carbocycles. The molecule has 0 saturated carbocycles. The van der Waals surface area contributed by atoms with Gasteiger partial charge in [0.15, 0.2) is 0 Å². The smallest absolute Gasteiger partial charge is 0.119 e. The Bertz CT molecular complexity index is 274. The molecule has 2 nitrogen and oxygen atoms in total. The number of ether oxygens (including phenoxy) is 1. The van der Waals surface area contributed by atoms with Crippen LogP contribution in [0.1, 0.15) is 25.0 Å². The third kappa shape index (κ3) is 3.68. The van der Waals surface area contributed by atoms with Crippen LogP contribution in [0.2, 0.25) is 0 Å². The van der Waals surface area contributed by atoms with Crippen molar-refractivity contribution in [3.05, 3.63) is 29.8 Å². The average molecular weight is 259 g/mol. The molecule has 0 heterocycles. The van der Waals surface area contributed by atoms with Crippen molar-refractivity contribution >= 4 is 15.9 Å². The molecule has 0 fully saturated rings. The second-order valence-corrected chi connectivity index (χ2v) is 3.93. The van der Waals surface area contributed by atoms with Crippen LogP contribution in [0, 0.1) is 0 Å². The Morgan fingerprint density at radius 1 is 1.50 bits per heavy atom. The Morgan fingerprint density at radius 3 is 2.93 bits per heavy atom. The lowest BCUT2D eigenvalue weighted by atomic mass is 10.1. The van der Waals surface area contributed by atoms with Gasteiger partial charge in [-0.1, -0.05) is 28.1 Å². The summed E-state index contributed by atoms with van der Waals surface area (Å²) < 4.78 is 5.50. The molecule has 1 atom stereocenters. The fourth-order valence-corrected chi connectivity index (χ4v) is 1.34. The van der Waals surface area contributed by atoms with E-state index in [1.54, 1.807) is 6.92 Å². The lowest BCUT2D eigenvalue weighted by molar-refractivity contribution is 0.198. The minimum atomic E-state index is -0.435. The van der Waals surface area contributed by atoms with Crippen LogP contribution < -0.4 is 4.74 Å². The van der Waals surface area contributed by atoms with Gasteiger partial charge >= 0.3 is 0 Å². The van der Waals surface area contributed by atoms with Crippen molar-refractivity contribution in [2.24, 2.45) is 0 Å². The maximum atomic E-state index is 9.36. The van der Waals surface area contributed by atoms with Crippen molar-refractivity contribution in [1.29, 1.82) is 0 Å². The molecule has 0 saturated heterocycles. The fourth-order valence-electron chi connectivity index (χ4n) is 1.11. The van der Waals surface area contributed by atoms with Gasteiger partial charge in [-0.05, 0) is 31.0 Å². The molecule has 1 rings (SSSR count). The second kappa shape index (κ2) is 6.04. The van der Waals surface area contributed by atoms with Crippen LogP contribution in [0.5, 0.6) is 5.75 Å². The first-order valence-corrected chi connectivity index (χ1v) is 5.83. The maximum absolute atomic E-state index is 9.36. The second-order valence-electron chi connectivity index (χ2n) is 3.14. The molecule has 0 aliphatic heterocycles. The van der Waals surface area contributed by atoms with Gasteiger partial charge in [-0.2, -0.15) is 0 Å². The molecule has 14 heavy (non-hydrogen) atoms. The van der Waals surface area contributed by atoms with Crippen molar-refractivity contribution in [1.82, 2.24) is 0 Å². The first kappa shape index (κ1) is 11.5. The summed E-state index contributed by atoms with van der Waals surface area (Å²) >= 11 is 3.34. The number of alkyl halides is 1. The molecule has 0 spiro atoms. The Labute approximate surface area is 93.0 Å². The highest BCUT2D eigenvalue weighted by Crippen LogP contribution is 2.18. The largest absolute Gasteiger partial charge is 0.494 e. The van der Waals surface area contributed by atoms with E-state index in [1.165, 1.54) is 0 Å². The van der Waals surface area contributed by atoms with Crippen molar-refractivity contribution in [3.8, 4) is 5.75 Å². The Balaban J connectivity index is 2.55. The minimum Gasteiger partial charge on any atom is -0.494 e. The van der Waals surface area contributed by atoms with Gasteiger partial charge in [-0.3, -0.25) is 0 Å².